The minimum Gasteiger partial charge on any atom is -0.310 e. The summed E-state index contributed by atoms with van der Waals surface area (Å²) in [6.45, 7) is 9.12. The Morgan fingerprint density at radius 1 is 0.339 bits per heavy atom. The third-order valence-corrected chi connectivity index (χ3v) is 14.4. The van der Waals surface area contributed by atoms with Gasteiger partial charge in [-0.15, -0.1) is 0 Å². The first kappa shape index (κ1) is 40.2. The molecule has 0 saturated heterocycles. The van der Waals surface area contributed by atoms with E-state index in [4.69, 9.17) is 0 Å². The number of rotatable bonds is 10. The van der Waals surface area contributed by atoms with Gasteiger partial charge in [-0.25, -0.2) is 0 Å². The molecule has 0 aliphatic heterocycles. The second kappa shape index (κ2) is 17.5. The molecule has 312 valence electrons. The van der Waals surface area contributed by atoms with Crippen LogP contribution in [0.4, 0.5) is 34.1 Å². The first-order valence-corrected chi connectivity index (χ1v) is 23.8. The zero-order valence-corrected chi connectivity index (χ0v) is 37.3. The van der Waals surface area contributed by atoms with Gasteiger partial charge in [0.25, 0.3) is 0 Å². The second-order valence-electron chi connectivity index (χ2n) is 19.0. The lowest BCUT2D eigenvalue weighted by Gasteiger charge is -2.30. The number of hydrogen-bond acceptors (Lipinski definition) is 2. The highest BCUT2D eigenvalue weighted by Crippen LogP contribution is 2.48. The molecular formula is C60H62N2. The van der Waals surface area contributed by atoms with Crippen LogP contribution in [-0.2, 0) is 0 Å². The third kappa shape index (κ3) is 7.78. The van der Waals surface area contributed by atoms with Crippen LogP contribution in [0.15, 0.2) is 158 Å². The second-order valence-corrected chi connectivity index (χ2v) is 19.0. The fourth-order valence-corrected chi connectivity index (χ4v) is 10.8. The van der Waals surface area contributed by atoms with Crippen molar-refractivity contribution in [2.75, 3.05) is 9.80 Å². The van der Waals surface area contributed by atoms with Gasteiger partial charge in [-0.1, -0.05) is 163 Å². The zero-order chi connectivity index (χ0) is 42.2. The lowest BCUT2D eigenvalue weighted by Crippen LogP contribution is -2.12. The van der Waals surface area contributed by atoms with Gasteiger partial charge in [0.05, 0.1) is 11.4 Å². The number of nitrogens with zero attached hydrogens (tertiary/aromatic N) is 2. The molecule has 0 radical (unpaired) electrons. The van der Waals surface area contributed by atoms with Gasteiger partial charge in [0, 0.05) is 33.5 Å². The van der Waals surface area contributed by atoms with Gasteiger partial charge in [0.2, 0.25) is 0 Å². The molecule has 2 nitrogen and oxygen atoms in total. The molecule has 62 heavy (non-hydrogen) atoms. The zero-order valence-electron chi connectivity index (χ0n) is 37.3. The van der Waals surface area contributed by atoms with Crippen molar-refractivity contribution in [3.8, 4) is 0 Å². The van der Waals surface area contributed by atoms with Crippen LogP contribution in [0, 0.1) is 0 Å². The van der Waals surface area contributed by atoms with Gasteiger partial charge in [0.1, 0.15) is 0 Å². The van der Waals surface area contributed by atoms with E-state index in [1.54, 1.807) is 0 Å². The summed E-state index contributed by atoms with van der Waals surface area (Å²) in [4.78, 5) is 5.02. The van der Waals surface area contributed by atoms with Gasteiger partial charge in [-0.05, 0) is 154 Å². The Kier molecular flexibility index (Phi) is 11.3. The summed E-state index contributed by atoms with van der Waals surface area (Å²) in [6, 6.07) is 60.9. The van der Waals surface area contributed by atoms with Crippen molar-refractivity contribution in [1.82, 2.24) is 0 Å². The Morgan fingerprint density at radius 2 is 0.645 bits per heavy atom. The molecule has 2 aliphatic rings. The monoisotopic (exact) mass is 810 g/mol. The predicted molar refractivity (Wildman–Crippen MR) is 268 cm³/mol. The van der Waals surface area contributed by atoms with Gasteiger partial charge >= 0.3 is 0 Å². The van der Waals surface area contributed by atoms with Crippen molar-refractivity contribution in [2.45, 2.75) is 116 Å². The lowest BCUT2D eigenvalue weighted by molar-refractivity contribution is 0.443. The summed E-state index contributed by atoms with van der Waals surface area (Å²) >= 11 is 0. The topological polar surface area (TPSA) is 6.48 Å². The fourth-order valence-electron chi connectivity index (χ4n) is 10.8. The van der Waals surface area contributed by atoms with E-state index in [1.807, 2.05) is 0 Å². The SMILES string of the molecule is CC(C)c1ccc(N(c2ccc(C3CCCCC3)cc2)c2cc3c4ccccc4c(N(c4ccc(C(C)C)cc4)c4ccc(C5CCCCC5)cc4)cc3c3ccccc23)cc1. The molecule has 0 aromatic heterocycles. The Balaban J connectivity index is 1.18. The molecule has 0 heterocycles. The predicted octanol–water partition coefficient (Wildman–Crippen LogP) is 18.4. The number of anilines is 6. The van der Waals surface area contributed by atoms with Gasteiger partial charge in [0.15, 0.2) is 0 Å². The third-order valence-electron chi connectivity index (χ3n) is 14.4. The number of hydrogen-bond donors (Lipinski definition) is 0. The van der Waals surface area contributed by atoms with Crippen LogP contribution in [0.3, 0.4) is 0 Å². The smallest absolute Gasteiger partial charge is 0.0546 e. The maximum atomic E-state index is 2.51. The Morgan fingerprint density at radius 3 is 0.968 bits per heavy atom. The van der Waals surface area contributed by atoms with Crippen LogP contribution >= 0.6 is 0 Å². The van der Waals surface area contributed by atoms with Crippen LogP contribution in [-0.4, -0.2) is 0 Å². The van der Waals surface area contributed by atoms with E-state index >= 15 is 0 Å². The van der Waals surface area contributed by atoms with Crippen LogP contribution in [0.2, 0.25) is 0 Å². The van der Waals surface area contributed by atoms with Crippen molar-refractivity contribution in [2.24, 2.45) is 0 Å². The van der Waals surface area contributed by atoms with E-state index in [0.717, 1.165) is 0 Å². The Labute approximate surface area is 370 Å². The molecule has 0 bridgehead atoms. The first-order valence-electron chi connectivity index (χ1n) is 23.8. The highest BCUT2D eigenvalue weighted by Gasteiger charge is 2.24. The fraction of sp³-hybridized carbons (Fsp3) is 0.300. The van der Waals surface area contributed by atoms with E-state index in [2.05, 4.69) is 195 Å². The summed E-state index contributed by atoms with van der Waals surface area (Å²) in [5, 5.41) is 7.55. The van der Waals surface area contributed by atoms with Gasteiger partial charge in [-0.2, -0.15) is 0 Å². The first-order chi connectivity index (χ1) is 30.4. The maximum absolute atomic E-state index is 2.51. The summed E-state index contributed by atoms with van der Waals surface area (Å²) in [7, 11) is 0. The molecule has 8 aromatic rings. The molecule has 8 aromatic carbocycles. The van der Waals surface area contributed by atoms with E-state index in [9.17, 15) is 0 Å². The van der Waals surface area contributed by atoms with Crippen molar-refractivity contribution in [3.63, 3.8) is 0 Å². The summed E-state index contributed by atoms with van der Waals surface area (Å²) in [6.07, 6.45) is 13.3. The highest BCUT2D eigenvalue weighted by atomic mass is 15.2. The summed E-state index contributed by atoms with van der Waals surface area (Å²) in [5.74, 6) is 2.27. The van der Waals surface area contributed by atoms with E-state index in [0.29, 0.717) is 23.7 Å². The van der Waals surface area contributed by atoms with E-state index in [1.165, 1.54) is 153 Å². The Hall–Kier alpha value is -5.86. The minimum absolute atomic E-state index is 0.469. The average molecular weight is 811 g/mol. The molecule has 0 spiro atoms. The maximum Gasteiger partial charge on any atom is 0.0546 e. The molecule has 2 fully saturated rings. The summed E-state index contributed by atoms with van der Waals surface area (Å²) in [5.41, 5.74) is 12.8. The van der Waals surface area contributed by atoms with Crippen LogP contribution in [0.25, 0.3) is 32.3 Å². The van der Waals surface area contributed by atoms with Crippen molar-refractivity contribution in [1.29, 1.82) is 0 Å². The van der Waals surface area contributed by atoms with E-state index < -0.39 is 0 Å². The highest BCUT2D eigenvalue weighted by molar-refractivity contribution is 6.24. The van der Waals surface area contributed by atoms with Gasteiger partial charge < -0.3 is 9.80 Å². The molecule has 2 saturated carbocycles. The van der Waals surface area contributed by atoms with E-state index in [-0.39, 0.29) is 0 Å². The molecule has 0 N–H and O–H groups in total. The molecule has 0 amide bonds. The van der Waals surface area contributed by atoms with Gasteiger partial charge in [-0.3, -0.25) is 0 Å². The quantitative estimate of drug-likeness (QED) is 0.127. The molecule has 0 unspecified atom stereocenters. The van der Waals surface area contributed by atoms with Crippen LogP contribution < -0.4 is 9.80 Å². The standard InChI is InChI=1S/C60H62N2/c1-41(2)43-23-31-49(32-24-43)61(51-35-27-47(28-36-51)45-15-7-5-8-16-45)59-39-57-54-20-12-14-22-56(54)60(40-58(57)53-19-11-13-21-55(53)59)62(50-33-25-44(26-34-50)42(3)4)52-37-29-48(30-38-52)46-17-9-6-10-18-46/h11-14,19-42,45-46H,5-10,15-18H2,1-4H3. The molecular weight excluding hydrogens is 749 g/mol. The lowest BCUT2D eigenvalue weighted by atomic mass is 9.84. The average Bonchev–Trinajstić information content (AvgIpc) is 3.33. The Bertz CT molecular complexity index is 2590. The summed E-state index contributed by atoms with van der Waals surface area (Å²) < 4.78 is 0. The molecule has 0 atom stereocenters. The van der Waals surface area contributed by atoms with Crippen molar-refractivity contribution >= 4 is 66.4 Å². The number of benzene rings is 8. The minimum atomic E-state index is 0.469. The van der Waals surface area contributed by atoms with Crippen molar-refractivity contribution < 1.29 is 0 Å². The largest absolute Gasteiger partial charge is 0.310 e. The van der Waals surface area contributed by atoms with Crippen LogP contribution in [0.5, 0.6) is 0 Å². The normalized spacial score (nSPS) is 15.3. The number of fused-ring (bicyclic) bond motifs is 5. The van der Waals surface area contributed by atoms with Crippen molar-refractivity contribution in [3.05, 3.63) is 180 Å². The molecule has 2 aliphatic carbocycles. The molecule has 2 heteroatoms. The van der Waals surface area contributed by atoms with Crippen LogP contribution in [0.1, 0.15) is 138 Å². The molecule has 10 rings (SSSR count).